The van der Waals surface area contributed by atoms with E-state index in [1.807, 2.05) is 0 Å². The van der Waals surface area contributed by atoms with Crippen LogP contribution in [0.3, 0.4) is 0 Å². The molecule has 0 saturated heterocycles. The van der Waals surface area contributed by atoms with Gasteiger partial charge in [-0.25, -0.2) is 4.79 Å². The number of aliphatic imine (C=N–C) groups is 1. The van der Waals surface area contributed by atoms with Gasteiger partial charge in [0.1, 0.15) is 12.1 Å². The number of guanidine groups is 1. The van der Waals surface area contributed by atoms with Gasteiger partial charge in [0, 0.05) is 13.0 Å². The predicted molar refractivity (Wildman–Crippen MR) is 129 cm³/mol. The molecule has 0 fully saturated rings. The summed E-state index contributed by atoms with van der Waals surface area (Å²) < 4.78 is 0. The molecule has 0 aliphatic rings. The van der Waals surface area contributed by atoms with E-state index < -0.39 is 54.0 Å². The van der Waals surface area contributed by atoms with Crippen LogP contribution >= 0.6 is 0 Å². The van der Waals surface area contributed by atoms with Crippen molar-refractivity contribution in [3.63, 3.8) is 0 Å². The molecule has 5 unspecified atom stereocenters. The van der Waals surface area contributed by atoms with Gasteiger partial charge in [-0.3, -0.25) is 19.4 Å². The van der Waals surface area contributed by atoms with Gasteiger partial charge in [0.25, 0.3) is 0 Å². The molecule has 0 aliphatic heterocycles. The van der Waals surface area contributed by atoms with Crippen LogP contribution in [0.25, 0.3) is 0 Å². The fourth-order valence-electron chi connectivity index (χ4n) is 3.05. The number of aliphatic carboxylic acids is 1. The van der Waals surface area contributed by atoms with Crippen molar-refractivity contribution in [2.75, 3.05) is 6.54 Å². The van der Waals surface area contributed by atoms with Gasteiger partial charge in [0.05, 0.1) is 12.1 Å². The molecule has 0 aliphatic carbocycles. The van der Waals surface area contributed by atoms with Crippen LogP contribution in [-0.2, 0) is 25.6 Å². The van der Waals surface area contributed by atoms with Gasteiger partial charge in [-0.1, -0.05) is 30.3 Å². The fourth-order valence-corrected chi connectivity index (χ4v) is 3.05. The number of hydrogen-bond acceptors (Lipinski definition) is 7. The Hall–Kier alpha value is -3.71. The summed E-state index contributed by atoms with van der Waals surface area (Å²) in [5, 5.41) is 26.3. The number of carbonyl (C=O) groups is 4. The topological polar surface area (TPSA) is 235 Å². The van der Waals surface area contributed by atoms with Crippen LogP contribution in [0.1, 0.15) is 32.3 Å². The zero-order valence-corrected chi connectivity index (χ0v) is 19.8. The molecule has 1 rings (SSSR count). The molecule has 5 atom stereocenters. The van der Waals surface area contributed by atoms with Crippen LogP contribution in [-0.4, -0.2) is 76.7 Å². The van der Waals surface area contributed by atoms with Gasteiger partial charge in [0.2, 0.25) is 17.7 Å². The predicted octanol–water partition coefficient (Wildman–Crippen LogP) is -2.45. The van der Waals surface area contributed by atoms with Crippen LogP contribution in [0.15, 0.2) is 35.3 Å². The van der Waals surface area contributed by atoms with Crippen LogP contribution in [0.2, 0.25) is 0 Å². The van der Waals surface area contributed by atoms with E-state index in [2.05, 4.69) is 20.9 Å². The van der Waals surface area contributed by atoms with E-state index >= 15 is 0 Å². The summed E-state index contributed by atoms with van der Waals surface area (Å²) in [6.07, 6.45) is -0.928. The summed E-state index contributed by atoms with van der Waals surface area (Å²) >= 11 is 0. The quantitative estimate of drug-likeness (QED) is 0.0778. The first-order valence-corrected chi connectivity index (χ1v) is 11.1. The average Bonchev–Trinajstić information content (AvgIpc) is 2.78. The van der Waals surface area contributed by atoms with Crippen LogP contribution in [0.4, 0.5) is 0 Å². The summed E-state index contributed by atoms with van der Waals surface area (Å²) in [5.41, 5.74) is 17.0. The van der Waals surface area contributed by atoms with Gasteiger partial charge >= 0.3 is 5.97 Å². The minimum atomic E-state index is -1.59. The third kappa shape index (κ3) is 10.8. The Bertz CT molecular complexity index is 888. The lowest BCUT2D eigenvalue weighted by Gasteiger charge is -2.25. The Morgan fingerprint density at radius 1 is 0.943 bits per heavy atom. The number of benzene rings is 1. The molecule has 0 aromatic heterocycles. The van der Waals surface area contributed by atoms with Crippen molar-refractivity contribution in [2.45, 2.75) is 63.4 Å². The molecule has 35 heavy (non-hydrogen) atoms. The molecular weight excluding hydrogens is 458 g/mol. The third-order valence-electron chi connectivity index (χ3n) is 4.95. The highest BCUT2D eigenvalue weighted by Gasteiger charge is 2.31. The molecule has 0 bridgehead atoms. The second kappa shape index (κ2) is 14.5. The number of carbonyl (C=O) groups excluding carboxylic acids is 3. The lowest BCUT2D eigenvalue weighted by molar-refractivity contribution is -0.145. The number of aliphatic hydroxyl groups excluding tert-OH is 1. The number of carboxylic acid groups (broad SMARTS) is 1. The van der Waals surface area contributed by atoms with Crippen molar-refractivity contribution in [3.05, 3.63) is 35.9 Å². The second-order valence-corrected chi connectivity index (χ2v) is 8.11. The number of rotatable bonds is 14. The number of aliphatic hydroxyl groups is 1. The largest absolute Gasteiger partial charge is 0.480 e. The molecule has 3 amide bonds. The lowest BCUT2D eigenvalue weighted by atomic mass is 10.0. The first-order valence-electron chi connectivity index (χ1n) is 11.1. The Balaban J connectivity index is 3.09. The number of nitrogens with one attached hydrogen (secondary N) is 3. The monoisotopic (exact) mass is 493 g/mol. The summed E-state index contributed by atoms with van der Waals surface area (Å²) in [5.74, 6) is -3.64. The number of nitrogens with two attached hydrogens (primary N) is 3. The van der Waals surface area contributed by atoms with Crippen molar-refractivity contribution >= 4 is 29.7 Å². The minimum absolute atomic E-state index is 0.0554. The van der Waals surface area contributed by atoms with E-state index in [9.17, 15) is 29.4 Å². The standard InChI is InChI=1S/C22H35N7O6/c1-12(23)18(31)28-16(11-14-7-4-3-5-8-14)20(33)27-15(9-6-10-26-22(24)25)19(32)29-17(13(2)30)21(34)35/h3-5,7-8,12-13,15-17,30H,6,9-11,23H2,1-2H3,(H,27,33)(H,28,31)(H,29,32)(H,34,35)(H4,24,25,26). The van der Waals surface area contributed by atoms with E-state index in [0.29, 0.717) is 0 Å². The molecule has 1 aromatic rings. The van der Waals surface area contributed by atoms with Crippen molar-refractivity contribution < 1.29 is 29.4 Å². The zero-order chi connectivity index (χ0) is 26.5. The summed E-state index contributed by atoms with van der Waals surface area (Å²) in [6, 6.07) is 4.20. The van der Waals surface area contributed by atoms with Gasteiger partial charge in [-0.05, 0) is 32.3 Å². The van der Waals surface area contributed by atoms with E-state index in [0.717, 1.165) is 5.56 Å². The smallest absolute Gasteiger partial charge is 0.328 e. The van der Waals surface area contributed by atoms with Gasteiger partial charge in [-0.2, -0.15) is 0 Å². The van der Waals surface area contributed by atoms with Crippen molar-refractivity contribution in [1.82, 2.24) is 16.0 Å². The van der Waals surface area contributed by atoms with Gasteiger partial charge in [0.15, 0.2) is 12.0 Å². The molecule has 0 spiro atoms. The number of hydrogen-bond donors (Lipinski definition) is 8. The molecule has 0 heterocycles. The SMILES string of the molecule is CC(N)C(=O)NC(Cc1ccccc1)C(=O)NC(CCCN=C(N)N)C(=O)NC(C(=O)O)C(C)O. The van der Waals surface area contributed by atoms with E-state index in [4.69, 9.17) is 17.2 Å². The van der Waals surface area contributed by atoms with E-state index in [1.54, 1.807) is 30.3 Å². The normalized spacial score (nSPS) is 15.0. The average molecular weight is 494 g/mol. The minimum Gasteiger partial charge on any atom is -0.480 e. The summed E-state index contributed by atoms with van der Waals surface area (Å²) in [4.78, 5) is 53.4. The lowest BCUT2D eigenvalue weighted by Crippen LogP contribution is -2.58. The Morgan fingerprint density at radius 2 is 1.51 bits per heavy atom. The van der Waals surface area contributed by atoms with Crippen molar-refractivity contribution in [2.24, 2.45) is 22.2 Å². The highest BCUT2D eigenvalue weighted by Crippen LogP contribution is 2.07. The molecule has 11 N–H and O–H groups in total. The second-order valence-electron chi connectivity index (χ2n) is 8.11. The summed E-state index contributed by atoms with van der Waals surface area (Å²) in [6.45, 7) is 2.84. The maximum absolute atomic E-state index is 13.1. The van der Waals surface area contributed by atoms with Crippen molar-refractivity contribution in [1.29, 1.82) is 0 Å². The highest BCUT2D eigenvalue weighted by atomic mass is 16.4. The van der Waals surface area contributed by atoms with Gasteiger partial charge in [-0.15, -0.1) is 0 Å². The Kier molecular flexibility index (Phi) is 12.2. The molecule has 0 radical (unpaired) electrons. The Labute approximate surface area is 203 Å². The molecule has 1 aromatic carbocycles. The fraction of sp³-hybridized carbons (Fsp3) is 0.500. The number of amides is 3. The number of nitrogens with zero attached hydrogens (tertiary/aromatic N) is 1. The first-order chi connectivity index (χ1) is 16.4. The van der Waals surface area contributed by atoms with Crippen LogP contribution < -0.4 is 33.2 Å². The van der Waals surface area contributed by atoms with Gasteiger partial charge < -0.3 is 43.4 Å². The maximum Gasteiger partial charge on any atom is 0.328 e. The molecule has 0 saturated carbocycles. The number of carboxylic acids is 1. The van der Waals surface area contributed by atoms with Crippen LogP contribution in [0.5, 0.6) is 0 Å². The van der Waals surface area contributed by atoms with Crippen LogP contribution in [0, 0.1) is 0 Å². The van der Waals surface area contributed by atoms with E-state index in [-0.39, 0.29) is 31.8 Å². The molecule has 194 valence electrons. The first kappa shape index (κ1) is 29.3. The molecular formula is C22H35N7O6. The zero-order valence-electron chi connectivity index (χ0n) is 19.8. The third-order valence-corrected chi connectivity index (χ3v) is 4.95. The van der Waals surface area contributed by atoms with E-state index in [1.165, 1.54) is 13.8 Å². The Morgan fingerprint density at radius 3 is 2.03 bits per heavy atom. The maximum atomic E-state index is 13.1. The molecule has 13 heteroatoms. The summed E-state index contributed by atoms with van der Waals surface area (Å²) in [7, 11) is 0. The highest BCUT2D eigenvalue weighted by molar-refractivity contribution is 5.94. The molecule has 13 nitrogen and oxygen atoms in total. The van der Waals surface area contributed by atoms with Crippen molar-refractivity contribution in [3.8, 4) is 0 Å².